The van der Waals surface area contributed by atoms with E-state index in [0.29, 0.717) is 0 Å². The second-order valence-electron chi connectivity index (χ2n) is 5.76. The molecule has 1 unspecified atom stereocenters. The van der Waals surface area contributed by atoms with Crippen molar-refractivity contribution in [3.05, 3.63) is 43.3 Å². The van der Waals surface area contributed by atoms with Gasteiger partial charge in [-0.05, 0) is 49.3 Å². The van der Waals surface area contributed by atoms with Gasteiger partial charge in [-0.15, -0.1) is 22.7 Å². The summed E-state index contributed by atoms with van der Waals surface area (Å²) in [5, 5.41) is 6.08. The molecule has 1 atom stereocenters. The molecule has 22 heavy (non-hydrogen) atoms. The van der Waals surface area contributed by atoms with Gasteiger partial charge >= 0.3 is 0 Å². The number of rotatable bonds is 4. The number of nitrogens with zero attached hydrogens (tertiary/aromatic N) is 1. The second kappa shape index (κ2) is 6.75. The van der Waals surface area contributed by atoms with E-state index in [9.17, 15) is 4.79 Å². The number of fused-ring (bicyclic) bond motifs is 1. The van der Waals surface area contributed by atoms with Crippen molar-refractivity contribution in [1.29, 1.82) is 0 Å². The van der Waals surface area contributed by atoms with E-state index in [4.69, 9.17) is 0 Å². The summed E-state index contributed by atoms with van der Waals surface area (Å²) in [5.74, 6) is 0.641. The number of carbonyl (C=O) groups is 1. The second-order valence-corrected chi connectivity index (χ2v) is 7.92. The van der Waals surface area contributed by atoms with Crippen molar-refractivity contribution in [3.63, 3.8) is 0 Å². The molecule has 2 aromatic rings. The van der Waals surface area contributed by atoms with Crippen LogP contribution in [0.15, 0.2) is 22.6 Å². The number of thiophene rings is 2. The van der Waals surface area contributed by atoms with Crippen LogP contribution >= 0.6 is 22.7 Å². The molecule has 1 aliphatic carbocycles. The van der Waals surface area contributed by atoms with Gasteiger partial charge < -0.3 is 0 Å². The highest BCUT2D eigenvalue weighted by Crippen LogP contribution is 2.32. The lowest BCUT2D eigenvalue weighted by Gasteiger charge is -2.18. The maximum atomic E-state index is 12.3. The molecule has 0 saturated carbocycles. The van der Waals surface area contributed by atoms with Crippen molar-refractivity contribution < 1.29 is 4.79 Å². The van der Waals surface area contributed by atoms with Gasteiger partial charge in [-0.25, -0.2) is 5.43 Å². The average Bonchev–Trinajstić information content (AvgIpc) is 3.13. The van der Waals surface area contributed by atoms with Gasteiger partial charge in [0.15, 0.2) is 0 Å². The predicted octanol–water partition coefficient (Wildman–Crippen LogP) is 4.26. The fourth-order valence-electron chi connectivity index (χ4n) is 2.74. The quantitative estimate of drug-likeness (QED) is 0.659. The normalized spacial score (nSPS) is 17.6. The number of aryl methyl sites for hydroxylation is 1. The molecule has 3 nitrogen and oxygen atoms in total. The van der Waals surface area contributed by atoms with E-state index in [1.54, 1.807) is 28.9 Å². The Morgan fingerprint density at radius 1 is 1.50 bits per heavy atom. The van der Waals surface area contributed by atoms with Gasteiger partial charge in [0, 0.05) is 20.0 Å². The van der Waals surface area contributed by atoms with Crippen molar-refractivity contribution >= 4 is 34.8 Å². The minimum atomic E-state index is -0.0874. The third-order valence-electron chi connectivity index (χ3n) is 4.04. The molecule has 5 heteroatoms. The Labute approximate surface area is 139 Å². The van der Waals surface area contributed by atoms with Crippen LogP contribution in [0, 0.1) is 5.92 Å². The Kier molecular flexibility index (Phi) is 4.74. The first-order chi connectivity index (χ1) is 10.7. The third kappa shape index (κ3) is 3.31. The maximum absolute atomic E-state index is 12.3. The number of hydrogen-bond acceptors (Lipinski definition) is 4. The monoisotopic (exact) mass is 332 g/mol. The van der Waals surface area contributed by atoms with Gasteiger partial charge in [0.05, 0.1) is 11.8 Å². The van der Waals surface area contributed by atoms with E-state index in [1.165, 1.54) is 21.7 Å². The standard InChI is InChI=1S/C17H20N2OS2/c1-3-12-5-6-13(22-12)9-18-19-17(20)15-10-21-16-8-11(2)4-7-14(15)16/h5-6,9-11H,3-4,7-8H2,1-2H3,(H,19,20)/b18-9+. The number of nitrogens with one attached hydrogen (secondary N) is 1. The minimum absolute atomic E-state index is 0.0874. The third-order valence-corrected chi connectivity index (χ3v) is 6.25. The van der Waals surface area contributed by atoms with Crippen molar-refractivity contribution in [1.82, 2.24) is 5.43 Å². The summed E-state index contributed by atoms with van der Waals surface area (Å²) in [7, 11) is 0. The van der Waals surface area contributed by atoms with Crippen LogP contribution in [0.25, 0.3) is 0 Å². The van der Waals surface area contributed by atoms with E-state index in [-0.39, 0.29) is 5.91 Å². The fraction of sp³-hybridized carbons (Fsp3) is 0.412. The number of hydrogen-bond donors (Lipinski definition) is 1. The van der Waals surface area contributed by atoms with E-state index in [0.717, 1.165) is 35.6 Å². The highest BCUT2D eigenvalue weighted by atomic mass is 32.1. The van der Waals surface area contributed by atoms with Crippen LogP contribution in [-0.4, -0.2) is 12.1 Å². The van der Waals surface area contributed by atoms with Crippen LogP contribution in [0.2, 0.25) is 0 Å². The van der Waals surface area contributed by atoms with Crippen LogP contribution < -0.4 is 5.43 Å². The van der Waals surface area contributed by atoms with E-state index >= 15 is 0 Å². The summed E-state index contributed by atoms with van der Waals surface area (Å²) in [6.45, 7) is 4.41. The Balaban J connectivity index is 1.65. The molecule has 0 aliphatic heterocycles. The van der Waals surface area contributed by atoms with Crippen LogP contribution in [0.4, 0.5) is 0 Å². The molecule has 116 valence electrons. The number of hydrazone groups is 1. The molecule has 1 aliphatic rings. The van der Waals surface area contributed by atoms with E-state index in [2.05, 4.69) is 30.4 Å². The van der Waals surface area contributed by atoms with Gasteiger partial charge in [-0.3, -0.25) is 4.79 Å². The lowest BCUT2D eigenvalue weighted by Crippen LogP contribution is -2.20. The zero-order valence-corrected chi connectivity index (χ0v) is 14.5. The summed E-state index contributed by atoms with van der Waals surface area (Å²) < 4.78 is 0. The molecule has 3 rings (SSSR count). The summed E-state index contributed by atoms with van der Waals surface area (Å²) in [4.78, 5) is 16.1. The molecule has 0 saturated heterocycles. The van der Waals surface area contributed by atoms with Crippen LogP contribution in [0.3, 0.4) is 0 Å². The molecule has 0 fully saturated rings. The fourth-order valence-corrected chi connectivity index (χ4v) is 4.81. The van der Waals surface area contributed by atoms with Crippen molar-refractivity contribution in [2.24, 2.45) is 11.0 Å². The lowest BCUT2D eigenvalue weighted by molar-refractivity contribution is 0.0954. The molecule has 0 spiro atoms. The molecule has 2 heterocycles. The highest BCUT2D eigenvalue weighted by molar-refractivity contribution is 7.13. The van der Waals surface area contributed by atoms with Crippen LogP contribution in [0.1, 0.15) is 50.8 Å². The summed E-state index contributed by atoms with van der Waals surface area (Å²) in [6.07, 6.45) is 6.04. The molecule has 0 aromatic carbocycles. The van der Waals surface area contributed by atoms with Crippen molar-refractivity contribution in [2.45, 2.75) is 39.5 Å². The number of carbonyl (C=O) groups excluding carboxylic acids is 1. The topological polar surface area (TPSA) is 41.5 Å². The van der Waals surface area contributed by atoms with Crippen LogP contribution in [-0.2, 0) is 19.3 Å². The Bertz CT molecular complexity index is 699. The van der Waals surface area contributed by atoms with Gasteiger partial charge in [-0.2, -0.15) is 5.10 Å². The summed E-state index contributed by atoms with van der Waals surface area (Å²) >= 11 is 3.42. The SMILES string of the molecule is CCc1ccc(/C=N/NC(=O)c2csc3c2CCC(C)C3)s1. The Morgan fingerprint density at radius 3 is 3.14 bits per heavy atom. The highest BCUT2D eigenvalue weighted by Gasteiger charge is 2.22. The first-order valence-corrected chi connectivity index (χ1v) is 9.38. The van der Waals surface area contributed by atoms with Gasteiger partial charge in [0.25, 0.3) is 5.91 Å². The predicted molar refractivity (Wildman–Crippen MR) is 94.3 cm³/mol. The smallest absolute Gasteiger partial charge is 0.267 e. The molecule has 1 amide bonds. The minimum Gasteiger partial charge on any atom is -0.267 e. The Hall–Kier alpha value is -1.46. The Morgan fingerprint density at radius 2 is 2.36 bits per heavy atom. The molecular weight excluding hydrogens is 312 g/mol. The van der Waals surface area contributed by atoms with Gasteiger partial charge in [0.1, 0.15) is 0 Å². The first-order valence-electron chi connectivity index (χ1n) is 7.68. The van der Waals surface area contributed by atoms with E-state index in [1.807, 2.05) is 11.4 Å². The van der Waals surface area contributed by atoms with Crippen molar-refractivity contribution in [2.75, 3.05) is 0 Å². The molecular formula is C17H20N2OS2. The molecule has 0 bridgehead atoms. The largest absolute Gasteiger partial charge is 0.272 e. The summed E-state index contributed by atoms with van der Waals surface area (Å²) in [5.41, 5.74) is 4.71. The molecule has 0 radical (unpaired) electrons. The van der Waals surface area contributed by atoms with Crippen molar-refractivity contribution in [3.8, 4) is 0 Å². The van der Waals surface area contributed by atoms with Crippen LogP contribution in [0.5, 0.6) is 0 Å². The molecule has 2 aromatic heterocycles. The first kappa shape index (κ1) is 15.4. The van der Waals surface area contributed by atoms with Gasteiger partial charge in [0.2, 0.25) is 0 Å². The number of amides is 1. The lowest BCUT2D eigenvalue weighted by atomic mass is 9.88. The van der Waals surface area contributed by atoms with Gasteiger partial charge in [-0.1, -0.05) is 13.8 Å². The zero-order valence-electron chi connectivity index (χ0n) is 12.9. The average molecular weight is 332 g/mol. The van der Waals surface area contributed by atoms with E-state index < -0.39 is 0 Å². The zero-order chi connectivity index (χ0) is 15.5. The summed E-state index contributed by atoms with van der Waals surface area (Å²) in [6, 6.07) is 4.14. The molecule has 1 N–H and O–H groups in total. The maximum Gasteiger partial charge on any atom is 0.272 e.